The second-order valence-electron chi connectivity index (χ2n) is 10.1. The quantitative estimate of drug-likeness (QED) is 0.527. The van der Waals surface area contributed by atoms with Gasteiger partial charge in [0.15, 0.2) is 5.78 Å². The number of nitrogens with zero attached hydrogens (tertiary/aromatic N) is 2. The number of aromatic nitrogens is 1. The fourth-order valence-corrected chi connectivity index (χ4v) is 5.90. The minimum absolute atomic E-state index is 0. The van der Waals surface area contributed by atoms with Crippen LogP contribution in [-0.2, 0) is 23.8 Å². The van der Waals surface area contributed by atoms with Crippen LogP contribution in [0.4, 0.5) is 0 Å². The highest BCUT2D eigenvalue weighted by Gasteiger charge is 2.36. The number of halogens is 1. The maximum Gasteiger partial charge on any atom is 0.182 e. The Morgan fingerprint density at radius 3 is 2.61 bits per heavy atom. The molecule has 0 radical (unpaired) electrons. The molecule has 1 N–H and O–H groups in total. The molecule has 4 rings (SSSR count). The Balaban J connectivity index is 0.00000272. The highest BCUT2D eigenvalue weighted by molar-refractivity contribution is 8.93. The third-order valence-electron chi connectivity index (χ3n) is 6.16. The van der Waals surface area contributed by atoms with Gasteiger partial charge in [0.25, 0.3) is 0 Å². The van der Waals surface area contributed by atoms with Gasteiger partial charge in [-0.2, -0.15) is 0 Å². The molecule has 1 aromatic heterocycles. The molecule has 2 aliphatic rings. The number of rotatable bonds is 4. The number of pyridine rings is 1. The van der Waals surface area contributed by atoms with E-state index in [1.807, 2.05) is 28.8 Å². The molecule has 0 saturated carbocycles. The van der Waals surface area contributed by atoms with E-state index in [2.05, 4.69) is 58.7 Å². The zero-order valence-corrected chi connectivity index (χ0v) is 21.8. The summed E-state index contributed by atoms with van der Waals surface area (Å²) in [6.45, 7) is 14.0. The van der Waals surface area contributed by atoms with Crippen molar-refractivity contribution in [1.82, 2.24) is 9.88 Å². The fourth-order valence-electron chi connectivity index (χ4n) is 4.23. The van der Waals surface area contributed by atoms with Crippen molar-refractivity contribution in [2.45, 2.75) is 70.2 Å². The number of nitrogens with one attached hydrogen (secondary N) is 1. The minimum Gasteiger partial charge on any atom is -0.343 e. The molecular formula is C25H32BrN3OS. The van der Waals surface area contributed by atoms with Gasteiger partial charge in [-0.25, -0.2) is 4.98 Å². The SMILES string of the molecule is Br.CCc1ccc2c(n1)C(=N)N(CC(=O)c1cc(C(C)(C)C)c3c(c1)C(C)(C)CS3)C2. The van der Waals surface area contributed by atoms with Gasteiger partial charge in [-0.3, -0.25) is 10.2 Å². The molecule has 0 saturated heterocycles. The normalized spacial score (nSPS) is 16.7. The summed E-state index contributed by atoms with van der Waals surface area (Å²) in [4.78, 5) is 21.2. The number of ketones is 1. The van der Waals surface area contributed by atoms with Crippen LogP contribution in [0.25, 0.3) is 0 Å². The summed E-state index contributed by atoms with van der Waals surface area (Å²) in [5.41, 5.74) is 6.10. The molecule has 6 heteroatoms. The highest BCUT2D eigenvalue weighted by atomic mass is 79.9. The van der Waals surface area contributed by atoms with Crippen LogP contribution >= 0.6 is 28.7 Å². The summed E-state index contributed by atoms with van der Waals surface area (Å²) in [5, 5.41) is 8.55. The fraction of sp³-hybridized carbons (Fsp3) is 0.480. The summed E-state index contributed by atoms with van der Waals surface area (Å²) >= 11 is 1.91. The number of hydrogen-bond acceptors (Lipinski definition) is 4. The van der Waals surface area contributed by atoms with Crippen LogP contribution < -0.4 is 0 Å². The zero-order valence-electron chi connectivity index (χ0n) is 19.3. The molecule has 2 aliphatic heterocycles. The van der Waals surface area contributed by atoms with Crippen LogP contribution in [-0.4, -0.2) is 33.8 Å². The van der Waals surface area contributed by atoms with Gasteiger partial charge in [0.05, 0.1) is 6.54 Å². The van der Waals surface area contributed by atoms with E-state index < -0.39 is 0 Å². The topological polar surface area (TPSA) is 57.1 Å². The molecular weight excluding hydrogens is 470 g/mol. The molecule has 1 aromatic carbocycles. The van der Waals surface area contributed by atoms with Gasteiger partial charge in [-0.05, 0) is 41.2 Å². The lowest BCUT2D eigenvalue weighted by Gasteiger charge is -2.26. The van der Waals surface area contributed by atoms with E-state index in [0.29, 0.717) is 12.4 Å². The van der Waals surface area contributed by atoms with Gasteiger partial charge in [-0.15, -0.1) is 28.7 Å². The van der Waals surface area contributed by atoms with Crippen LogP contribution in [0.5, 0.6) is 0 Å². The monoisotopic (exact) mass is 501 g/mol. The third kappa shape index (κ3) is 4.34. The van der Waals surface area contributed by atoms with E-state index in [1.54, 1.807) is 0 Å². The molecule has 0 aliphatic carbocycles. The van der Waals surface area contributed by atoms with Crippen LogP contribution in [0, 0.1) is 5.41 Å². The summed E-state index contributed by atoms with van der Waals surface area (Å²) in [6, 6.07) is 8.27. The Kier molecular flexibility index (Phi) is 6.47. The average Bonchev–Trinajstić information content (AvgIpc) is 3.16. The van der Waals surface area contributed by atoms with Gasteiger partial charge >= 0.3 is 0 Å². The molecule has 0 bridgehead atoms. The zero-order chi connectivity index (χ0) is 21.8. The smallest absolute Gasteiger partial charge is 0.182 e. The Morgan fingerprint density at radius 1 is 1.26 bits per heavy atom. The van der Waals surface area contributed by atoms with E-state index in [0.717, 1.165) is 34.7 Å². The van der Waals surface area contributed by atoms with Crippen LogP contribution in [0.2, 0.25) is 0 Å². The predicted octanol–water partition coefficient (Wildman–Crippen LogP) is 5.93. The van der Waals surface area contributed by atoms with Crippen molar-refractivity contribution >= 4 is 40.4 Å². The maximum absolute atomic E-state index is 13.3. The number of carbonyl (C=O) groups is 1. The van der Waals surface area contributed by atoms with E-state index in [-0.39, 0.29) is 40.1 Å². The lowest BCUT2D eigenvalue weighted by atomic mass is 9.79. The summed E-state index contributed by atoms with van der Waals surface area (Å²) in [6.07, 6.45) is 0.845. The van der Waals surface area contributed by atoms with Crippen molar-refractivity contribution in [2.75, 3.05) is 12.3 Å². The number of hydrogen-bond donors (Lipinski definition) is 1. The first-order valence-corrected chi connectivity index (χ1v) is 11.7. The Morgan fingerprint density at radius 2 is 1.97 bits per heavy atom. The number of Topliss-reactive ketones (excluding diaryl/α,β-unsaturated/α-hetero) is 1. The van der Waals surface area contributed by atoms with Crippen molar-refractivity contribution in [3.8, 4) is 0 Å². The molecule has 3 heterocycles. The van der Waals surface area contributed by atoms with Crippen molar-refractivity contribution in [3.05, 3.63) is 57.9 Å². The van der Waals surface area contributed by atoms with E-state index in [9.17, 15) is 4.79 Å². The first-order chi connectivity index (χ1) is 14.0. The van der Waals surface area contributed by atoms with Crippen molar-refractivity contribution in [1.29, 1.82) is 5.41 Å². The molecule has 31 heavy (non-hydrogen) atoms. The first-order valence-electron chi connectivity index (χ1n) is 10.7. The van der Waals surface area contributed by atoms with Gasteiger partial charge in [0.2, 0.25) is 0 Å². The van der Waals surface area contributed by atoms with E-state index in [4.69, 9.17) is 5.41 Å². The summed E-state index contributed by atoms with van der Waals surface area (Å²) in [7, 11) is 0. The molecule has 0 fully saturated rings. The van der Waals surface area contributed by atoms with E-state index in [1.165, 1.54) is 16.0 Å². The summed E-state index contributed by atoms with van der Waals surface area (Å²) < 4.78 is 0. The van der Waals surface area contributed by atoms with Gasteiger partial charge < -0.3 is 4.90 Å². The molecule has 0 atom stereocenters. The summed E-state index contributed by atoms with van der Waals surface area (Å²) in [5.74, 6) is 1.48. The number of thioether (sulfide) groups is 1. The predicted molar refractivity (Wildman–Crippen MR) is 134 cm³/mol. The molecule has 166 valence electrons. The highest BCUT2D eigenvalue weighted by Crippen LogP contribution is 2.48. The Bertz CT molecular complexity index is 1060. The second kappa shape index (κ2) is 8.36. The third-order valence-corrected chi connectivity index (χ3v) is 7.75. The van der Waals surface area contributed by atoms with Crippen LogP contribution in [0.15, 0.2) is 29.2 Å². The number of amidine groups is 1. The number of fused-ring (bicyclic) bond motifs is 2. The Labute approximate surface area is 200 Å². The Hall–Kier alpha value is -1.66. The van der Waals surface area contributed by atoms with Gasteiger partial charge in [0.1, 0.15) is 11.5 Å². The first kappa shape index (κ1) is 24.0. The molecule has 4 nitrogen and oxygen atoms in total. The minimum atomic E-state index is -0.0230. The molecule has 0 unspecified atom stereocenters. The van der Waals surface area contributed by atoms with Gasteiger partial charge in [0, 0.05) is 39.4 Å². The standard InChI is InChI=1S/C25H31N3OS.BrH/c1-7-17-9-8-15-12-28(23(26)21(15)27-17)13-20(29)16-10-18(24(2,3)4)22-19(11-16)25(5,6)14-30-22;/h8-11,26H,7,12-14H2,1-6H3;1H. The van der Waals surface area contributed by atoms with Crippen LogP contribution in [0.1, 0.15) is 80.0 Å². The lowest BCUT2D eigenvalue weighted by molar-refractivity contribution is 0.0962. The molecule has 0 amide bonds. The van der Waals surface area contributed by atoms with Crippen molar-refractivity contribution < 1.29 is 4.79 Å². The largest absolute Gasteiger partial charge is 0.343 e. The maximum atomic E-state index is 13.3. The van der Waals surface area contributed by atoms with Gasteiger partial charge in [-0.1, -0.05) is 47.6 Å². The van der Waals surface area contributed by atoms with Crippen molar-refractivity contribution in [2.24, 2.45) is 0 Å². The van der Waals surface area contributed by atoms with Crippen LogP contribution in [0.3, 0.4) is 0 Å². The van der Waals surface area contributed by atoms with Crippen molar-refractivity contribution in [3.63, 3.8) is 0 Å². The number of carbonyl (C=O) groups excluding carboxylic acids is 1. The average molecular weight is 503 g/mol. The number of aryl methyl sites for hydroxylation is 1. The lowest BCUT2D eigenvalue weighted by Crippen LogP contribution is -2.31. The van der Waals surface area contributed by atoms with E-state index >= 15 is 0 Å². The molecule has 0 spiro atoms. The number of benzene rings is 1. The molecule has 2 aromatic rings. The second-order valence-corrected chi connectivity index (χ2v) is 11.1.